The molecule has 1 aromatic heterocycles. The summed E-state index contributed by atoms with van der Waals surface area (Å²) in [4.78, 5) is 6.85. The van der Waals surface area contributed by atoms with Crippen molar-refractivity contribution < 1.29 is 14.0 Å². The summed E-state index contributed by atoms with van der Waals surface area (Å²) in [6.07, 6.45) is 8.65. The van der Waals surface area contributed by atoms with Crippen molar-refractivity contribution in [3.8, 4) is 11.5 Å². The Morgan fingerprint density at radius 1 is 1.22 bits per heavy atom. The second-order valence-electron chi connectivity index (χ2n) is 8.20. The minimum Gasteiger partial charge on any atom is -0.487 e. The van der Waals surface area contributed by atoms with Gasteiger partial charge in [0.1, 0.15) is 17.1 Å². The van der Waals surface area contributed by atoms with Gasteiger partial charge in [-0.15, -0.1) is 0 Å². The highest BCUT2D eigenvalue weighted by Crippen LogP contribution is 2.41. The van der Waals surface area contributed by atoms with E-state index in [1.165, 1.54) is 37.9 Å². The van der Waals surface area contributed by atoms with E-state index in [1.807, 2.05) is 6.07 Å². The van der Waals surface area contributed by atoms with E-state index < -0.39 is 0 Å². The van der Waals surface area contributed by atoms with Crippen LogP contribution in [0.4, 0.5) is 0 Å². The van der Waals surface area contributed by atoms with Gasteiger partial charge in [-0.05, 0) is 69.2 Å². The van der Waals surface area contributed by atoms with Gasteiger partial charge in [0, 0.05) is 19.1 Å². The van der Waals surface area contributed by atoms with Gasteiger partial charge in [0.05, 0.1) is 0 Å². The number of likely N-dealkylation sites (tertiary alicyclic amines) is 1. The number of fused-ring (bicyclic) bond motifs is 1. The largest absolute Gasteiger partial charge is 0.487 e. The fourth-order valence-electron chi connectivity index (χ4n) is 4.53. The van der Waals surface area contributed by atoms with Gasteiger partial charge < -0.3 is 18.9 Å². The lowest BCUT2D eigenvalue weighted by Crippen LogP contribution is -2.53. The molecule has 6 heteroatoms. The Morgan fingerprint density at radius 2 is 2.07 bits per heavy atom. The number of benzene rings is 1. The van der Waals surface area contributed by atoms with Crippen LogP contribution in [0.15, 0.2) is 22.7 Å². The fraction of sp³-hybridized carbons (Fsp3) is 0.619. The number of aryl methyl sites for hydroxylation is 2. The van der Waals surface area contributed by atoms with E-state index in [2.05, 4.69) is 27.2 Å². The molecule has 1 saturated heterocycles. The van der Waals surface area contributed by atoms with Crippen molar-refractivity contribution >= 4 is 0 Å². The third-order valence-corrected chi connectivity index (χ3v) is 6.44. The van der Waals surface area contributed by atoms with Crippen LogP contribution < -0.4 is 9.47 Å². The van der Waals surface area contributed by atoms with Crippen molar-refractivity contribution in [1.82, 2.24) is 15.0 Å². The van der Waals surface area contributed by atoms with Crippen molar-refractivity contribution in [2.75, 3.05) is 13.1 Å². The predicted octanol–water partition coefficient (Wildman–Crippen LogP) is 3.67. The van der Waals surface area contributed by atoms with Crippen LogP contribution in [0.5, 0.6) is 11.5 Å². The van der Waals surface area contributed by atoms with E-state index in [9.17, 15) is 0 Å². The standard InChI is InChI=1S/C21H27N3O3/c1-15-22-20(27-23-15)14-25-18-5-6-19-16(13-18)7-8-21(26-19)9-11-24(12-10-21)17-3-2-4-17/h5-6,13,17H,2-4,7-12,14H2,1H3. The van der Waals surface area contributed by atoms with Crippen LogP contribution in [-0.2, 0) is 13.0 Å². The first-order chi connectivity index (χ1) is 13.2. The molecule has 2 aromatic rings. The summed E-state index contributed by atoms with van der Waals surface area (Å²) in [5, 5.41) is 3.78. The molecule has 2 fully saturated rings. The van der Waals surface area contributed by atoms with Gasteiger partial charge in [-0.25, -0.2) is 0 Å². The number of hydrogen-bond acceptors (Lipinski definition) is 6. The first-order valence-corrected chi connectivity index (χ1v) is 10.2. The van der Waals surface area contributed by atoms with Crippen LogP contribution in [0.2, 0.25) is 0 Å². The second-order valence-corrected chi connectivity index (χ2v) is 8.20. The van der Waals surface area contributed by atoms with E-state index in [-0.39, 0.29) is 5.60 Å². The first-order valence-electron chi connectivity index (χ1n) is 10.2. The molecule has 0 bridgehead atoms. The third-order valence-electron chi connectivity index (χ3n) is 6.44. The maximum absolute atomic E-state index is 6.54. The average Bonchev–Trinajstić information content (AvgIpc) is 3.06. The quantitative estimate of drug-likeness (QED) is 0.819. The van der Waals surface area contributed by atoms with E-state index in [0.717, 1.165) is 43.2 Å². The Labute approximate surface area is 159 Å². The minimum atomic E-state index is 0.0386. The summed E-state index contributed by atoms with van der Waals surface area (Å²) in [5.41, 5.74) is 1.28. The first kappa shape index (κ1) is 17.0. The molecule has 1 spiro atoms. The molecule has 0 atom stereocenters. The van der Waals surface area contributed by atoms with E-state index in [1.54, 1.807) is 6.92 Å². The maximum Gasteiger partial charge on any atom is 0.264 e. The predicted molar refractivity (Wildman–Crippen MR) is 99.9 cm³/mol. The lowest BCUT2D eigenvalue weighted by molar-refractivity contribution is -0.0337. The van der Waals surface area contributed by atoms with Crippen LogP contribution in [0.3, 0.4) is 0 Å². The Hall–Kier alpha value is -2.08. The van der Waals surface area contributed by atoms with E-state index in [0.29, 0.717) is 18.3 Å². The SMILES string of the molecule is Cc1noc(COc2ccc3c(c2)CCC2(CCN(C4CCC4)CC2)O3)n1. The lowest BCUT2D eigenvalue weighted by Gasteiger charge is -2.48. The zero-order chi connectivity index (χ0) is 18.3. The number of hydrogen-bond donors (Lipinski definition) is 0. The number of piperidine rings is 1. The number of rotatable bonds is 4. The van der Waals surface area contributed by atoms with Gasteiger partial charge in [0.25, 0.3) is 5.89 Å². The summed E-state index contributed by atoms with van der Waals surface area (Å²) >= 11 is 0. The normalized spacial score (nSPS) is 22.1. The van der Waals surface area contributed by atoms with Crippen molar-refractivity contribution in [2.45, 2.75) is 70.1 Å². The van der Waals surface area contributed by atoms with Gasteiger partial charge >= 0.3 is 0 Å². The smallest absolute Gasteiger partial charge is 0.264 e. The van der Waals surface area contributed by atoms with Crippen LogP contribution in [-0.4, -0.2) is 39.8 Å². The van der Waals surface area contributed by atoms with Crippen LogP contribution in [0, 0.1) is 6.92 Å². The highest BCUT2D eigenvalue weighted by atomic mass is 16.5. The molecule has 3 heterocycles. The summed E-state index contributed by atoms with van der Waals surface area (Å²) in [6.45, 7) is 4.47. The molecule has 1 aliphatic carbocycles. The molecule has 27 heavy (non-hydrogen) atoms. The van der Waals surface area contributed by atoms with Gasteiger partial charge in [-0.3, -0.25) is 0 Å². The molecule has 144 valence electrons. The summed E-state index contributed by atoms with van der Waals surface area (Å²) < 4.78 is 17.4. The molecule has 0 N–H and O–H groups in total. The lowest BCUT2D eigenvalue weighted by atomic mass is 9.81. The van der Waals surface area contributed by atoms with Crippen LogP contribution >= 0.6 is 0 Å². The highest BCUT2D eigenvalue weighted by Gasteiger charge is 2.41. The van der Waals surface area contributed by atoms with Crippen LogP contribution in [0.1, 0.15) is 55.8 Å². The molecule has 0 unspecified atom stereocenters. The minimum absolute atomic E-state index is 0.0386. The molecular weight excluding hydrogens is 342 g/mol. The van der Waals surface area contributed by atoms with Gasteiger partial charge in [-0.2, -0.15) is 4.98 Å². The van der Waals surface area contributed by atoms with E-state index >= 15 is 0 Å². The second kappa shape index (κ2) is 6.82. The number of ether oxygens (including phenoxy) is 2. The molecule has 6 nitrogen and oxygen atoms in total. The molecular formula is C21H27N3O3. The molecule has 0 amide bonds. The van der Waals surface area contributed by atoms with Crippen molar-refractivity contribution in [1.29, 1.82) is 0 Å². The molecule has 2 aliphatic heterocycles. The highest BCUT2D eigenvalue weighted by molar-refractivity contribution is 5.42. The van der Waals surface area contributed by atoms with Crippen molar-refractivity contribution in [2.24, 2.45) is 0 Å². The average molecular weight is 369 g/mol. The number of nitrogens with zero attached hydrogens (tertiary/aromatic N) is 3. The molecule has 1 saturated carbocycles. The molecule has 1 aromatic carbocycles. The summed E-state index contributed by atoms with van der Waals surface area (Å²) in [5.74, 6) is 2.98. The van der Waals surface area contributed by atoms with Gasteiger partial charge in [0.2, 0.25) is 0 Å². The molecule has 3 aliphatic rings. The Bertz CT molecular complexity index is 807. The van der Waals surface area contributed by atoms with Crippen LogP contribution in [0.25, 0.3) is 0 Å². The zero-order valence-electron chi connectivity index (χ0n) is 15.9. The van der Waals surface area contributed by atoms with Crippen molar-refractivity contribution in [3.05, 3.63) is 35.5 Å². The van der Waals surface area contributed by atoms with Gasteiger partial charge in [-0.1, -0.05) is 11.6 Å². The van der Waals surface area contributed by atoms with E-state index in [4.69, 9.17) is 14.0 Å². The molecule has 0 radical (unpaired) electrons. The maximum atomic E-state index is 6.54. The Kier molecular flexibility index (Phi) is 4.31. The third kappa shape index (κ3) is 3.43. The Balaban J connectivity index is 1.21. The van der Waals surface area contributed by atoms with Crippen molar-refractivity contribution in [3.63, 3.8) is 0 Å². The summed E-state index contributed by atoms with van der Waals surface area (Å²) in [6, 6.07) is 6.98. The Morgan fingerprint density at radius 3 is 2.78 bits per heavy atom. The zero-order valence-corrected chi connectivity index (χ0v) is 15.9. The topological polar surface area (TPSA) is 60.6 Å². The van der Waals surface area contributed by atoms with Gasteiger partial charge in [0.15, 0.2) is 12.4 Å². The molecule has 5 rings (SSSR count). The fourth-order valence-corrected chi connectivity index (χ4v) is 4.53. The summed E-state index contributed by atoms with van der Waals surface area (Å²) in [7, 11) is 0. The number of aromatic nitrogens is 2. The monoisotopic (exact) mass is 369 g/mol.